The molecule has 2 unspecified atom stereocenters. The van der Waals surface area contributed by atoms with E-state index in [4.69, 9.17) is 16.7 Å². The highest BCUT2D eigenvalue weighted by Crippen LogP contribution is 2.23. The summed E-state index contributed by atoms with van der Waals surface area (Å²) in [4.78, 5) is 3.86. The normalized spacial score (nSPS) is 15.1. The van der Waals surface area contributed by atoms with Crippen LogP contribution in [-0.2, 0) is 0 Å². The fourth-order valence-corrected chi connectivity index (χ4v) is 1.32. The number of rotatable bonds is 4. The summed E-state index contributed by atoms with van der Waals surface area (Å²) in [5.74, 6) is 0. The van der Waals surface area contributed by atoms with Crippen LogP contribution in [0.15, 0.2) is 18.3 Å². The highest BCUT2D eigenvalue weighted by Gasteiger charge is 2.21. The maximum absolute atomic E-state index is 9.59. The summed E-state index contributed by atoms with van der Waals surface area (Å²) in [6, 6.07) is 3.22. The van der Waals surface area contributed by atoms with E-state index >= 15 is 0 Å². The number of hydrogen-bond acceptors (Lipinski definition) is 4. The van der Waals surface area contributed by atoms with Crippen LogP contribution in [0.4, 0.5) is 0 Å². The molecule has 1 aromatic rings. The molecule has 0 spiro atoms. The Morgan fingerprint density at radius 3 is 2.71 bits per heavy atom. The third-order valence-electron chi connectivity index (χ3n) is 1.86. The van der Waals surface area contributed by atoms with Crippen molar-refractivity contribution in [2.75, 3.05) is 6.61 Å². The zero-order valence-electron chi connectivity index (χ0n) is 7.47. The van der Waals surface area contributed by atoms with Crippen LogP contribution in [0.1, 0.15) is 18.2 Å². The van der Waals surface area contributed by atoms with E-state index in [-0.39, 0.29) is 18.7 Å². The summed E-state index contributed by atoms with van der Waals surface area (Å²) in [7, 11) is 0. The van der Waals surface area contributed by atoms with Crippen LogP contribution in [0.3, 0.4) is 0 Å². The first kappa shape index (κ1) is 11.4. The molecule has 2 atom stereocenters. The summed E-state index contributed by atoms with van der Waals surface area (Å²) >= 11 is 5.77. The van der Waals surface area contributed by atoms with Crippen molar-refractivity contribution >= 4 is 11.6 Å². The molecule has 1 rings (SSSR count). The van der Waals surface area contributed by atoms with E-state index < -0.39 is 12.2 Å². The van der Waals surface area contributed by atoms with Crippen molar-refractivity contribution in [2.45, 2.75) is 18.6 Å². The number of pyridine rings is 1. The molecular formula is C9H12ClNO3. The topological polar surface area (TPSA) is 73.6 Å². The molecule has 1 aromatic heterocycles. The van der Waals surface area contributed by atoms with Gasteiger partial charge in [-0.05, 0) is 18.6 Å². The zero-order chi connectivity index (χ0) is 10.6. The number of aliphatic hydroxyl groups excluding tert-OH is 3. The molecule has 0 aromatic carbocycles. The molecule has 0 saturated carbocycles. The van der Waals surface area contributed by atoms with E-state index in [1.807, 2.05) is 0 Å². The first-order valence-corrected chi connectivity index (χ1v) is 4.62. The molecule has 5 heteroatoms. The Morgan fingerprint density at radius 2 is 2.14 bits per heavy atom. The predicted molar refractivity (Wildman–Crippen MR) is 51.9 cm³/mol. The van der Waals surface area contributed by atoms with Crippen molar-refractivity contribution in [1.29, 1.82) is 0 Å². The molecule has 0 amide bonds. The van der Waals surface area contributed by atoms with Gasteiger partial charge in [0, 0.05) is 12.8 Å². The molecule has 78 valence electrons. The second-order valence-corrected chi connectivity index (χ2v) is 3.30. The first-order chi connectivity index (χ1) is 6.66. The van der Waals surface area contributed by atoms with Crippen LogP contribution in [-0.4, -0.2) is 33.0 Å². The van der Waals surface area contributed by atoms with E-state index in [0.29, 0.717) is 5.02 Å². The Bertz CT molecular complexity index is 295. The van der Waals surface area contributed by atoms with Crippen LogP contribution in [0.5, 0.6) is 0 Å². The number of aliphatic hydroxyl groups is 3. The molecule has 3 N–H and O–H groups in total. The second kappa shape index (κ2) is 5.26. The van der Waals surface area contributed by atoms with E-state index in [0.717, 1.165) is 0 Å². The Kier molecular flexibility index (Phi) is 4.28. The van der Waals surface area contributed by atoms with E-state index in [1.165, 1.54) is 6.20 Å². The van der Waals surface area contributed by atoms with Gasteiger partial charge in [0.25, 0.3) is 0 Å². The van der Waals surface area contributed by atoms with Crippen LogP contribution >= 0.6 is 11.6 Å². The second-order valence-electron chi connectivity index (χ2n) is 2.89. The summed E-state index contributed by atoms with van der Waals surface area (Å²) in [6.45, 7) is -0.192. The molecular weight excluding hydrogens is 206 g/mol. The van der Waals surface area contributed by atoms with Crippen LogP contribution in [0.2, 0.25) is 5.02 Å². The van der Waals surface area contributed by atoms with Gasteiger partial charge in [0.05, 0.1) is 16.8 Å². The molecule has 14 heavy (non-hydrogen) atoms. The third kappa shape index (κ3) is 2.65. The fraction of sp³-hybridized carbons (Fsp3) is 0.444. The SMILES string of the molecule is OCCC(O)C(O)c1ncccc1Cl. The maximum atomic E-state index is 9.59. The minimum Gasteiger partial charge on any atom is -0.396 e. The lowest BCUT2D eigenvalue weighted by molar-refractivity contribution is 0.00197. The van der Waals surface area contributed by atoms with Gasteiger partial charge in [-0.1, -0.05) is 11.6 Å². The summed E-state index contributed by atoms with van der Waals surface area (Å²) in [6.07, 6.45) is -0.632. The minimum absolute atomic E-state index is 0.0913. The summed E-state index contributed by atoms with van der Waals surface area (Å²) in [5, 5.41) is 27.9. The van der Waals surface area contributed by atoms with Gasteiger partial charge in [0.15, 0.2) is 0 Å². The molecule has 0 aliphatic heterocycles. The van der Waals surface area contributed by atoms with Crippen LogP contribution in [0, 0.1) is 0 Å². The van der Waals surface area contributed by atoms with E-state index in [2.05, 4.69) is 4.98 Å². The minimum atomic E-state index is -1.16. The molecule has 1 heterocycles. The molecule has 0 aliphatic carbocycles. The number of halogens is 1. The Labute approximate surface area is 86.8 Å². The molecule has 0 radical (unpaired) electrons. The average Bonchev–Trinajstić information content (AvgIpc) is 2.18. The summed E-state index contributed by atoms with van der Waals surface area (Å²) < 4.78 is 0. The zero-order valence-corrected chi connectivity index (χ0v) is 8.22. The van der Waals surface area contributed by atoms with Crippen molar-refractivity contribution in [1.82, 2.24) is 4.98 Å². The predicted octanol–water partition coefficient (Wildman–Crippen LogP) is 0.512. The van der Waals surface area contributed by atoms with Gasteiger partial charge in [0.2, 0.25) is 0 Å². The highest BCUT2D eigenvalue weighted by atomic mass is 35.5. The fourth-order valence-electron chi connectivity index (χ4n) is 1.09. The third-order valence-corrected chi connectivity index (χ3v) is 2.18. The largest absolute Gasteiger partial charge is 0.396 e. The molecule has 0 aliphatic rings. The quantitative estimate of drug-likeness (QED) is 0.687. The standard InChI is InChI=1S/C9H12ClNO3/c10-6-2-1-4-11-8(6)9(14)7(13)3-5-12/h1-2,4,7,9,12-14H,3,5H2. The Morgan fingerprint density at radius 1 is 1.43 bits per heavy atom. The lowest BCUT2D eigenvalue weighted by Crippen LogP contribution is -2.20. The van der Waals surface area contributed by atoms with Gasteiger partial charge < -0.3 is 15.3 Å². The van der Waals surface area contributed by atoms with Crippen molar-refractivity contribution in [3.63, 3.8) is 0 Å². The number of aromatic nitrogens is 1. The van der Waals surface area contributed by atoms with Gasteiger partial charge in [-0.15, -0.1) is 0 Å². The van der Waals surface area contributed by atoms with Gasteiger partial charge in [-0.2, -0.15) is 0 Å². The smallest absolute Gasteiger partial charge is 0.123 e. The van der Waals surface area contributed by atoms with Gasteiger partial charge in [-0.25, -0.2) is 0 Å². The number of nitrogens with zero attached hydrogens (tertiary/aromatic N) is 1. The van der Waals surface area contributed by atoms with Crippen molar-refractivity contribution in [2.24, 2.45) is 0 Å². The van der Waals surface area contributed by atoms with Crippen molar-refractivity contribution in [3.05, 3.63) is 29.0 Å². The van der Waals surface area contributed by atoms with Crippen molar-refractivity contribution in [3.8, 4) is 0 Å². The molecule has 0 fully saturated rings. The first-order valence-electron chi connectivity index (χ1n) is 4.24. The van der Waals surface area contributed by atoms with Gasteiger partial charge in [-0.3, -0.25) is 4.98 Å². The Hall–Kier alpha value is -0.680. The highest BCUT2D eigenvalue weighted by molar-refractivity contribution is 6.31. The molecule has 0 bridgehead atoms. The average molecular weight is 218 g/mol. The van der Waals surface area contributed by atoms with E-state index in [9.17, 15) is 10.2 Å². The molecule has 0 saturated heterocycles. The monoisotopic (exact) mass is 217 g/mol. The van der Waals surface area contributed by atoms with E-state index in [1.54, 1.807) is 12.1 Å². The Balaban J connectivity index is 2.78. The number of hydrogen-bond donors (Lipinski definition) is 3. The van der Waals surface area contributed by atoms with Gasteiger partial charge in [0.1, 0.15) is 6.10 Å². The van der Waals surface area contributed by atoms with Crippen LogP contribution < -0.4 is 0 Å². The summed E-state index contributed by atoms with van der Waals surface area (Å²) in [5.41, 5.74) is 0.232. The lowest BCUT2D eigenvalue weighted by Gasteiger charge is -2.16. The molecule has 4 nitrogen and oxygen atoms in total. The van der Waals surface area contributed by atoms with Gasteiger partial charge >= 0.3 is 0 Å². The lowest BCUT2D eigenvalue weighted by atomic mass is 10.1. The van der Waals surface area contributed by atoms with Crippen molar-refractivity contribution < 1.29 is 15.3 Å². The van der Waals surface area contributed by atoms with Crippen LogP contribution in [0.25, 0.3) is 0 Å². The maximum Gasteiger partial charge on any atom is 0.123 e.